The van der Waals surface area contributed by atoms with Gasteiger partial charge in [-0.1, -0.05) is 81.4 Å². The predicted octanol–water partition coefficient (Wildman–Crippen LogP) is 2.17. The third kappa shape index (κ3) is 4.14. The summed E-state index contributed by atoms with van der Waals surface area (Å²) in [6.07, 6.45) is 0.435. The average Bonchev–Trinajstić information content (AvgIpc) is 2.79. The molecule has 1 aliphatic rings. The molecule has 1 fully saturated rings. The van der Waals surface area contributed by atoms with Crippen molar-refractivity contribution in [2.45, 2.75) is 44.4 Å². The van der Waals surface area contributed by atoms with Crippen molar-refractivity contribution in [2.75, 3.05) is 6.61 Å². The first-order valence-electron chi connectivity index (χ1n) is 11.1. The fraction of sp³-hybridized carbons (Fsp3) is 0.360. The number of hydrogen-bond acceptors (Lipinski definition) is 4. The van der Waals surface area contributed by atoms with Gasteiger partial charge in [0.05, 0.1) is 18.3 Å². The molecule has 0 spiro atoms. The molecule has 0 aliphatic heterocycles. The first kappa shape index (κ1) is 23.3. The summed E-state index contributed by atoms with van der Waals surface area (Å²) in [6.45, 7) is 6.86. The van der Waals surface area contributed by atoms with Crippen LogP contribution in [-0.4, -0.2) is 35.7 Å². The second kappa shape index (κ2) is 8.85. The van der Waals surface area contributed by atoms with Gasteiger partial charge >= 0.3 is 5.69 Å². The Labute approximate surface area is 192 Å². The molecule has 2 aromatic carbocycles. The summed E-state index contributed by atoms with van der Waals surface area (Å²) in [7, 11) is -2.74. The number of benzene rings is 2. The Morgan fingerprint density at radius 2 is 1.61 bits per heavy atom. The van der Waals surface area contributed by atoms with Crippen LogP contribution in [0.1, 0.15) is 33.2 Å². The van der Waals surface area contributed by atoms with Crippen LogP contribution in [0.3, 0.4) is 0 Å². The molecule has 3 aromatic rings. The number of hydrogen-bond donors (Lipinski definition) is 2. The van der Waals surface area contributed by atoms with Crippen molar-refractivity contribution in [3.8, 4) is 0 Å². The van der Waals surface area contributed by atoms with E-state index in [0.717, 1.165) is 21.1 Å². The number of aliphatic hydroxyl groups is 1. The normalized spacial score (nSPS) is 20.9. The fourth-order valence-electron chi connectivity index (χ4n) is 4.85. The van der Waals surface area contributed by atoms with Crippen LogP contribution in [0.25, 0.3) is 0 Å². The molecule has 1 aliphatic carbocycles. The molecule has 174 valence electrons. The molecule has 0 bridgehead atoms. The van der Waals surface area contributed by atoms with Gasteiger partial charge in [0.1, 0.15) is 0 Å². The third-order valence-electron chi connectivity index (χ3n) is 6.63. The smallest absolute Gasteiger partial charge is 0.328 e. The van der Waals surface area contributed by atoms with Crippen LogP contribution < -0.4 is 21.6 Å². The number of aromatic nitrogens is 2. The lowest BCUT2D eigenvalue weighted by atomic mass is 9.77. The molecule has 8 heteroatoms. The van der Waals surface area contributed by atoms with E-state index in [1.54, 1.807) is 0 Å². The van der Waals surface area contributed by atoms with E-state index < -0.39 is 37.5 Å². The molecule has 6 nitrogen and oxygen atoms in total. The van der Waals surface area contributed by atoms with Crippen molar-refractivity contribution in [2.24, 2.45) is 5.92 Å². The molecule has 0 amide bonds. The maximum atomic E-state index is 13.7. The second-order valence-corrected chi connectivity index (χ2v) is 14.0. The van der Waals surface area contributed by atoms with Crippen LogP contribution in [0.5, 0.6) is 0 Å². The molecular weight excluding hydrogens is 439 g/mol. The van der Waals surface area contributed by atoms with Crippen LogP contribution >= 0.6 is 0 Å². The fourth-order valence-corrected chi connectivity index (χ4v) is 9.47. The van der Waals surface area contributed by atoms with Crippen molar-refractivity contribution >= 4 is 18.7 Å². The molecule has 1 saturated carbocycles. The van der Waals surface area contributed by atoms with Crippen LogP contribution in [-0.2, 0) is 4.43 Å². The van der Waals surface area contributed by atoms with E-state index in [0.29, 0.717) is 13.0 Å². The first-order chi connectivity index (χ1) is 15.6. The van der Waals surface area contributed by atoms with Gasteiger partial charge < -0.3 is 9.53 Å². The van der Waals surface area contributed by atoms with Gasteiger partial charge in [0.15, 0.2) is 0 Å². The number of H-pyrrole nitrogens is 1. The zero-order valence-electron chi connectivity index (χ0n) is 19.0. The van der Waals surface area contributed by atoms with Crippen LogP contribution in [0.15, 0.2) is 76.4 Å². The van der Waals surface area contributed by atoms with Gasteiger partial charge in [-0.05, 0) is 21.8 Å². The van der Waals surface area contributed by atoms with E-state index in [1.165, 1.54) is 0 Å². The summed E-state index contributed by atoms with van der Waals surface area (Å²) in [5.41, 5.74) is -1.78. The summed E-state index contributed by atoms with van der Waals surface area (Å²) in [6, 6.07) is 19.8. The highest BCUT2D eigenvalue weighted by molar-refractivity contribution is 6.99. The van der Waals surface area contributed by atoms with Gasteiger partial charge in [-0.2, -0.15) is 4.39 Å². The molecule has 0 saturated heterocycles. The largest absolute Gasteiger partial charge is 0.407 e. The lowest BCUT2D eigenvalue weighted by Gasteiger charge is -2.47. The Balaban J connectivity index is 1.62. The number of nitrogens with one attached hydrogen (secondary N) is 1. The highest BCUT2D eigenvalue weighted by atomic mass is 28.4. The molecule has 1 heterocycles. The Morgan fingerprint density at radius 1 is 1.06 bits per heavy atom. The summed E-state index contributed by atoms with van der Waals surface area (Å²) < 4.78 is 21.6. The number of rotatable bonds is 6. The Bertz CT molecular complexity index is 1180. The summed E-state index contributed by atoms with van der Waals surface area (Å²) in [4.78, 5) is 25.4. The molecule has 4 rings (SSSR count). The van der Waals surface area contributed by atoms with Crippen molar-refractivity contribution in [1.29, 1.82) is 0 Å². The average molecular weight is 469 g/mol. The molecule has 2 N–H and O–H groups in total. The van der Waals surface area contributed by atoms with Gasteiger partial charge in [-0.3, -0.25) is 14.3 Å². The van der Waals surface area contributed by atoms with Crippen molar-refractivity contribution in [3.05, 3.63) is 93.5 Å². The third-order valence-corrected chi connectivity index (χ3v) is 11.6. The standard InChI is InChI=1S/C25H29FN2O4Si/c1-25(2,3)33(18-10-6-4-7-11-18,19-12-8-5-9-13-19)32-16-17-14-21(22(17)29)28-15-20(26)23(30)27-24(28)31/h4-13,15,17,21-22,29H,14,16H2,1-3H3,(H,27,30,31)/t17-,21+,22+/m1/s1. The molecule has 3 atom stereocenters. The lowest BCUT2D eigenvalue weighted by Crippen LogP contribution is -2.67. The van der Waals surface area contributed by atoms with Gasteiger partial charge in [-0.15, -0.1) is 0 Å². The van der Waals surface area contributed by atoms with Crippen molar-refractivity contribution in [3.63, 3.8) is 0 Å². The Morgan fingerprint density at radius 3 is 2.09 bits per heavy atom. The van der Waals surface area contributed by atoms with E-state index in [9.17, 15) is 19.1 Å². The molecular formula is C25H29FN2O4Si. The highest BCUT2D eigenvalue weighted by Crippen LogP contribution is 2.41. The zero-order chi connectivity index (χ0) is 23.8. The van der Waals surface area contributed by atoms with Gasteiger partial charge in [0, 0.05) is 12.5 Å². The minimum absolute atomic E-state index is 0.192. The molecule has 33 heavy (non-hydrogen) atoms. The maximum absolute atomic E-state index is 13.7. The van der Waals surface area contributed by atoms with Crippen molar-refractivity contribution in [1.82, 2.24) is 9.55 Å². The number of halogens is 1. The van der Waals surface area contributed by atoms with Crippen LogP contribution in [0.2, 0.25) is 5.04 Å². The number of nitrogens with zero attached hydrogens (tertiary/aromatic N) is 1. The van der Waals surface area contributed by atoms with Gasteiger partial charge in [0.2, 0.25) is 5.82 Å². The van der Waals surface area contributed by atoms with E-state index in [2.05, 4.69) is 45.0 Å². The monoisotopic (exact) mass is 468 g/mol. The highest BCUT2D eigenvalue weighted by Gasteiger charge is 2.52. The SMILES string of the molecule is CC(C)(C)[Si](OC[C@H]1C[C@H](n2cc(F)c(=O)[nH]c2=O)[C@H]1O)(c1ccccc1)c1ccccc1. The van der Waals surface area contributed by atoms with Gasteiger partial charge in [0.25, 0.3) is 13.9 Å². The predicted molar refractivity (Wildman–Crippen MR) is 128 cm³/mol. The summed E-state index contributed by atoms with van der Waals surface area (Å²) in [5.74, 6) is -1.26. The van der Waals surface area contributed by atoms with E-state index in [1.807, 2.05) is 41.4 Å². The van der Waals surface area contributed by atoms with Crippen LogP contribution in [0.4, 0.5) is 4.39 Å². The summed E-state index contributed by atoms with van der Waals surface area (Å²) >= 11 is 0. The first-order valence-corrected chi connectivity index (χ1v) is 13.0. The number of aliphatic hydroxyl groups excluding tert-OH is 1. The van der Waals surface area contributed by atoms with E-state index in [-0.39, 0.29) is 11.0 Å². The van der Waals surface area contributed by atoms with Gasteiger partial charge in [-0.25, -0.2) is 4.79 Å². The Kier molecular flexibility index (Phi) is 6.26. The minimum Gasteiger partial charge on any atom is -0.407 e. The van der Waals surface area contributed by atoms with E-state index >= 15 is 0 Å². The lowest BCUT2D eigenvalue weighted by molar-refractivity contribution is -0.0553. The molecule has 0 unspecified atom stereocenters. The zero-order valence-corrected chi connectivity index (χ0v) is 20.0. The number of aromatic amines is 1. The topological polar surface area (TPSA) is 84.3 Å². The molecule has 1 aromatic heterocycles. The van der Waals surface area contributed by atoms with Crippen LogP contribution in [0, 0.1) is 11.7 Å². The molecule has 0 radical (unpaired) electrons. The van der Waals surface area contributed by atoms with E-state index in [4.69, 9.17) is 4.43 Å². The second-order valence-electron chi connectivity index (χ2n) is 9.67. The minimum atomic E-state index is -2.74. The Hall–Kier alpha value is -2.81. The van der Waals surface area contributed by atoms with Crippen molar-refractivity contribution < 1.29 is 13.9 Å². The summed E-state index contributed by atoms with van der Waals surface area (Å²) in [5, 5.41) is 12.9. The maximum Gasteiger partial charge on any atom is 0.328 e. The quantitative estimate of drug-likeness (QED) is 0.543.